The molecular formula is C19H28N2O3. The number of amides is 1. The van der Waals surface area contributed by atoms with Gasteiger partial charge in [-0.3, -0.25) is 4.79 Å². The van der Waals surface area contributed by atoms with E-state index in [4.69, 9.17) is 9.47 Å². The third kappa shape index (κ3) is 3.83. The predicted molar refractivity (Wildman–Crippen MR) is 93.7 cm³/mol. The van der Waals surface area contributed by atoms with E-state index in [-0.39, 0.29) is 5.91 Å². The lowest BCUT2D eigenvalue weighted by molar-refractivity contribution is -0.125. The van der Waals surface area contributed by atoms with Crippen LogP contribution in [0.3, 0.4) is 0 Å². The number of hydrogen-bond acceptors (Lipinski definition) is 4. The van der Waals surface area contributed by atoms with Crippen molar-refractivity contribution in [3.8, 4) is 11.5 Å². The molecule has 132 valence electrons. The molecule has 0 saturated carbocycles. The minimum absolute atomic E-state index is 0.0583. The van der Waals surface area contributed by atoms with Gasteiger partial charge in [-0.15, -0.1) is 0 Å². The molecule has 1 aromatic rings. The lowest BCUT2D eigenvalue weighted by Gasteiger charge is -2.27. The Morgan fingerprint density at radius 2 is 2.08 bits per heavy atom. The highest BCUT2D eigenvalue weighted by atomic mass is 16.6. The van der Waals surface area contributed by atoms with Crippen molar-refractivity contribution in [3.63, 3.8) is 0 Å². The van der Waals surface area contributed by atoms with Crippen molar-refractivity contribution in [2.75, 3.05) is 32.8 Å². The van der Waals surface area contributed by atoms with Gasteiger partial charge < -0.3 is 20.1 Å². The summed E-state index contributed by atoms with van der Waals surface area (Å²) >= 11 is 0. The van der Waals surface area contributed by atoms with Crippen LogP contribution in [0.15, 0.2) is 18.2 Å². The van der Waals surface area contributed by atoms with Crippen LogP contribution < -0.4 is 20.1 Å². The third-order valence-corrected chi connectivity index (χ3v) is 5.07. The highest BCUT2D eigenvalue weighted by Crippen LogP contribution is 2.35. The molecule has 24 heavy (non-hydrogen) atoms. The maximum absolute atomic E-state index is 12.7. The van der Waals surface area contributed by atoms with E-state index in [9.17, 15) is 4.79 Å². The molecule has 0 aromatic heterocycles. The van der Waals surface area contributed by atoms with Crippen LogP contribution in [-0.4, -0.2) is 38.8 Å². The summed E-state index contributed by atoms with van der Waals surface area (Å²) in [5, 5.41) is 6.53. The van der Waals surface area contributed by atoms with Crippen LogP contribution in [-0.2, 0) is 10.2 Å². The number of carbonyl (C=O) groups is 1. The summed E-state index contributed by atoms with van der Waals surface area (Å²) in [4.78, 5) is 12.7. The van der Waals surface area contributed by atoms with Crippen molar-refractivity contribution in [1.82, 2.24) is 10.6 Å². The minimum atomic E-state index is -0.597. The average Bonchev–Trinajstić information content (AvgIpc) is 2.62. The van der Waals surface area contributed by atoms with E-state index < -0.39 is 5.41 Å². The van der Waals surface area contributed by atoms with E-state index in [2.05, 4.69) is 10.6 Å². The molecule has 1 atom stereocenters. The Morgan fingerprint density at radius 1 is 1.29 bits per heavy atom. The molecule has 2 aliphatic rings. The molecule has 0 bridgehead atoms. The van der Waals surface area contributed by atoms with Gasteiger partial charge in [-0.05, 0) is 69.8 Å². The van der Waals surface area contributed by atoms with Crippen LogP contribution in [0, 0.1) is 5.92 Å². The lowest BCUT2D eigenvalue weighted by Crippen LogP contribution is -2.41. The molecule has 5 heteroatoms. The second-order valence-corrected chi connectivity index (χ2v) is 7.24. The first kappa shape index (κ1) is 17.1. The quantitative estimate of drug-likeness (QED) is 0.868. The average molecular weight is 332 g/mol. The zero-order valence-corrected chi connectivity index (χ0v) is 14.7. The van der Waals surface area contributed by atoms with Crippen LogP contribution in [0.2, 0.25) is 0 Å². The molecule has 1 saturated heterocycles. The minimum Gasteiger partial charge on any atom is -0.486 e. The first-order valence-electron chi connectivity index (χ1n) is 8.96. The van der Waals surface area contributed by atoms with Crippen LogP contribution in [0.4, 0.5) is 0 Å². The Bertz CT molecular complexity index is 580. The van der Waals surface area contributed by atoms with E-state index in [1.54, 1.807) is 0 Å². The van der Waals surface area contributed by atoms with Gasteiger partial charge in [0.1, 0.15) is 13.2 Å². The maximum Gasteiger partial charge on any atom is 0.230 e. The van der Waals surface area contributed by atoms with E-state index in [1.807, 2.05) is 32.0 Å². The Hall–Kier alpha value is -1.75. The Balaban J connectivity index is 1.58. The molecule has 0 radical (unpaired) electrons. The molecule has 1 amide bonds. The molecular weight excluding hydrogens is 304 g/mol. The first-order valence-corrected chi connectivity index (χ1v) is 8.96. The number of piperidine rings is 1. The van der Waals surface area contributed by atoms with Crippen molar-refractivity contribution in [1.29, 1.82) is 0 Å². The number of fused-ring (bicyclic) bond motifs is 1. The van der Waals surface area contributed by atoms with Crippen molar-refractivity contribution in [2.24, 2.45) is 5.92 Å². The zero-order valence-electron chi connectivity index (χ0n) is 14.7. The fraction of sp³-hybridized carbons (Fsp3) is 0.632. The third-order valence-electron chi connectivity index (χ3n) is 5.07. The molecule has 0 spiro atoms. The van der Waals surface area contributed by atoms with E-state index in [0.717, 1.165) is 43.1 Å². The number of carbonyl (C=O) groups excluding carboxylic acids is 1. The second kappa shape index (κ2) is 7.43. The molecule has 2 N–H and O–H groups in total. The van der Waals surface area contributed by atoms with Crippen LogP contribution >= 0.6 is 0 Å². The highest BCUT2D eigenvalue weighted by Gasteiger charge is 2.31. The Labute approximate surface area is 144 Å². The summed E-state index contributed by atoms with van der Waals surface area (Å²) in [5.74, 6) is 2.22. The maximum atomic E-state index is 12.7. The predicted octanol–water partition coefficient (Wildman–Crippen LogP) is 2.24. The molecule has 1 aromatic carbocycles. The van der Waals surface area contributed by atoms with Gasteiger partial charge in [-0.25, -0.2) is 0 Å². The smallest absolute Gasteiger partial charge is 0.230 e. The molecule has 1 unspecified atom stereocenters. The fourth-order valence-electron chi connectivity index (χ4n) is 3.34. The number of hydrogen-bond donors (Lipinski definition) is 2. The number of nitrogens with one attached hydrogen (secondary N) is 2. The SMILES string of the molecule is CC(C)(C(=O)NCCC1CCCNC1)c1ccc2c(c1)OCCO2. The first-order chi connectivity index (χ1) is 11.6. The van der Waals surface area contributed by atoms with Gasteiger partial charge in [0.2, 0.25) is 5.91 Å². The summed E-state index contributed by atoms with van der Waals surface area (Å²) in [7, 11) is 0. The van der Waals surface area contributed by atoms with Gasteiger partial charge in [-0.2, -0.15) is 0 Å². The van der Waals surface area contributed by atoms with Gasteiger partial charge in [0.05, 0.1) is 5.41 Å². The van der Waals surface area contributed by atoms with Crippen LogP contribution in [0.25, 0.3) is 0 Å². The molecule has 2 heterocycles. The van der Waals surface area contributed by atoms with Crippen molar-refractivity contribution in [3.05, 3.63) is 23.8 Å². The molecule has 2 aliphatic heterocycles. The number of rotatable bonds is 5. The number of benzene rings is 1. The summed E-state index contributed by atoms with van der Waals surface area (Å²) in [5.41, 5.74) is 0.351. The van der Waals surface area contributed by atoms with Crippen molar-refractivity contribution >= 4 is 5.91 Å². The molecule has 0 aliphatic carbocycles. The van der Waals surface area contributed by atoms with Gasteiger partial charge in [-0.1, -0.05) is 6.07 Å². The topological polar surface area (TPSA) is 59.6 Å². The van der Waals surface area contributed by atoms with Crippen molar-refractivity contribution in [2.45, 2.75) is 38.5 Å². The Morgan fingerprint density at radius 3 is 2.83 bits per heavy atom. The lowest BCUT2D eigenvalue weighted by atomic mass is 9.83. The summed E-state index contributed by atoms with van der Waals surface area (Å²) in [6.07, 6.45) is 3.53. The summed E-state index contributed by atoms with van der Waals surface area (Å²) < 4.78 is 11.2. The molecule has 3 rings (SSSR count). The van der Waals surface area contributed by atoms with Crippen molar-refractivity contribution < 1.29 is 14.3 Å². The van der Waals surface area contributed by atoms with Crippen LogP contribution in [0.1, 0.15) is 38.7 Å². The summed E-state index contributed by atoms with van der Waals surface area (Å²) in [6.45, 7) is 7.97. The van der Waals surface area contributed by atoms with Gasteiger partial charge in [0.25, 0.3) is 0 Å². The largest absolute Gasteiger partial charge is 0.486 e. The van der Waals surface area contributed by atoms with E-state index in [1.165, 1.54) is 12.8 Å². The summed E-state index contributed by atoms with van der Waals surface area (Å²) in [6, 6.07) is 5.78. The zero-order chi connectivity index (χ0) is 17.0. The van der Waals surface area contributed by atoms with E-state index >= 15 is 0 Å². The van der Waals surface area contributed by atoms with E-state index in [0.29, 0.717) is 19.1 Å². The fourth-order valence-corrected chi connectivity index (χ4v) is 3.34. The standard InChI is InChI=1S/C19H28N2O3/c1-19(2,15-5-6-16-17(12-15)24-11-10-23-16)18(22)21-9-7-14-4-3-8-20-13-14/h5-6,12,14,20H,3-4,7-11,13H2,1-2H3,(H,21,22). The highest BCUT2D eigenvalue weighted by molar-refractivity contribution is 5.87. The van der Waals surface area contributed by atoms with Crippen LogP contribution in [0.5, 0.6) is 11.5 Å². The molecule has 5 nitrogen and oxygen atoms in total. The Kier molecular flexibility index (Phi) is 5.29. The number of ether oxygens (including phenoxy) is 2. The second-order valence-electron chi connectivity index (χ2n) is 7.24. The van der Waals surface area contributed by atoms with Gasteiger partial charge in [0.15, 0.2) is 11.5 Å². The van der Waals surface area contributed by atoms with Gasteiger partial charge >= 0.3 is 0 Å². The van der Waals surface area contributed by atoms with Gasteiger partial charge in [0, 0.05) is 6.54 Å². The molecule has 1 fully saturated rings. The normalized spacial score (nSPS) is 20.5. The monoisotopic (exact) mass is 332 g/mol.